The van der Waals surface area contributed by atoms with Crippen molar-refractivity contribution in [3.63, 3.8) is 0 Å². The van der Waals surface area contributed by atoms with E-state index in [9.17, 15) is 9.59 Å². The molecule has 0 saturated heterocycles. The number of rotatable bonds is 7. The second kappa shape index (κ2) is 6.73. The molecular weight excluding hydrogens is 242 g/mol. The van der Waals surface area contributed by atoms with E-state index in [0.29, 0.717) is 12.8 Å². The molecule has 0 heterocycles. The van der Waals surface area contributed by atoms with Gasteiger partial charge >= 0.3 is 5.97 Å². The SMILES string of the molecule is C=CC(=O)OC(C)(Cc1ccccc1)C(C)NC=O. The molecule has 0 bridgehead atoms. The van der Waals surface area contributed by atoms with E-state index < -0.39 is 11.6 Å². The average Bonchev–Trinajstić information content (AvgIpc) is 2.39. The van der Waals surface area contributed by atoms with Gasteiger partial charge in [-0.25, -0.2) is 4.79 Å². The van der Waals surface area contributed by atoms with E-state index in [0.717, 1.165) is 11.6 Å². The average molecular weight is 261 g/mol. The molecule has 0 aliphatic carbocycles. The zero-order chi connectivity index (χ0) is 14.3. The standard InChI is InChI=1S/C15H19NO3/c1-4-14(18)19-15(3,12(2)16-11-17)10-13-8-6-5-7-9-13/h4-9,11-12H,1,10H2,2-3H3,(H,16,17). The Kier molecular flexibility index (Phi) is 5.30. The molecule has 0 saturated carbocycles. The Morgan fingerprint density at radius 1 is 1.47 bits per heavy atom. The quantitative estimate of drug-likeness (QED) is 0.463. The molecule has 0 aromatic heterocycles. The van der Waals surface area contributed by atoms with Crippen LogP contribution < -0.4 is 5.32 Å². The maximum absolute atomic E-state index is 11.5. The van der Waals surface area contributed by atoms with Gasteiger partial charge in [-0.15, -0.1) is 0 Å². The summed E-state index contributed by atoms with van der Waals surface area (Å²) in [5.41, 5.74) is 0.203. The Hall–Kier alpha value is -2.10. The zero-order valence-electron chi connectivity index (χ0n) is 11.3. The third kappa shape index (κ3) is 4.25. The van der Waals surface area contributed by atoms with Crippen molar-refractivity contribution in [3.8, 4) is 0 Å². The van der Waals surface area contributed by atoms with Gasteiger partial charge in [0.05, 0.1) is 6.04 Å². The molecular formula is C15H19NO3. The van der Waals surface area contributed by atoms with E-state index >= 15 is 0 Å². The molecule has 1 aromatic carbocycles. The summed E-state index contributed by atoms with van der Waals surface area (Å²) in [4.78, 5) is 22.1. The molecule has 4 heteroatoms. The van der Waals surface area contributed by atoms with Crippen molar-refractivity contribution in [1.82, 2.24) is 5.32 Å². The van der Waals surface area contributed by atoms with Crippen LogP contribution in [0.2, 0.25) is 0 Å². The number of hydrogen-bond donors (Lipinski definition) is 1. The van der Waals surface area contributed by atoms with Crippen molar-refractivity contribution in [2.75, 3.05) is 0 Å². The molecule has 1 rings (SSSR count). The molecule has 0 aliphatic rings. The molecule has 1 aromatic rings. The normalized spacial score (nSPS) is 14.8. The van der Waals surface area contributed by atoms with Crippen LogP contribution in [-0.4, -0.2) is 24.0 Å². The maximum Gasteiger partial charge on any atom is 0.330 e. The summed E-state index contributed by atoms with van der Waals surface area (Å²) in [5.74, 6) is -0.502. The summed E-state index contributed by atoms with van der Waals surface area (Å²) in [7, 11) is 0. The first-order valence-corrected chi connectivity index (χ1v) is 6.11. The summed E-state index contributed by atoms with van der Waals surface area (Å²) in [6.45, 7) is 6.99. The number of hydrogen-bond acceptors (Lipinski definition) is 3. The van der Waals surface area contributed by atoms with E-state index in [1.165, 1.54) is 0 Å². The fourth-order valence-electron chi connectivity index (χ4n) is 1.83. The molecule has 4 nitrogen and oxygen atoms in total. The topological polar surface area (TPSA) is 55.4 Å². The molecule has 0 radical (unpaired) electrons. The van der Waals surface area contributed by atoms with E-state index in [-0.39, 0.29) is 6.04 Å². The molecule has 0 spiro atoms. The Balaban J connectivity index is 2.93. The number of carbonyl (C=O) groups excluding carboxylic acids is 2. The van der Waals surface area contributed by atoms with Gasteiger partial charge in [-0.1, -0.05) is 36.9 Å². The first kappa shape index (κ1) is 15.0. The molecule has 2 unspecified atom stereocenters. The van der Waals surface area contributed by atoms with Crippen LogP contribution in [0.15, 0.2) is 43.0 Å². The molecule has 1 N–H and O–H groups in total. The van der Waals surface area contributed by atoms with E-state index in [1.54, 1.807) is 13.8 Å². The third-order valence-electron chi connectivity index (χ3n) is 3.13. The first-order chi connectivity index (χ1) is 9.01. The second-order valence-corrected chi connectivity index (χ2v) is 4.61. The van der Waals surface area contributed by atoms with Crippen molar-refractivity contribution in [2.24, 2.45) is 0 Å². The van der Waals surface area contributed by atoms with Gasteiger partial charge in [0, 0.05) is 12.5 Å². The van der Waals surface area contributed by atoms with Gasteiger partial charge in [0.1, 0.15) is 5.60 Å². The van der Waals surface area contributed by atoms with E-state index in [2.05, 4.69) is 11.9 Å². The molecule has 19 heavy (non-hydrogen) atoms. The minimum absolute atomic E-state index is 0.311. The highest BCUT2D eigenvalue weighted by atomic mass is 16.6. The lowest BCUT2D eigenvalue weighted by Crippen LogP contribution is -2.50. The Morgan fingerprint density at radius 2 is 2.11 bits per heavy atom. The number of nitrogens with one attached hydrogen (secondary N) is 1. The summed E-state index contributed by atoms with van der Waals surface area (Å²) in [5, 5.41) is 2.64. The van der Waals surface area contributed by atoms with Crippen LogP contribution >= 0.6 is 0 Å². The molecule has 2 atom stereocenters. The second-order valence-electron chi connectivity index (χ2n) is 4.61. The van der Waals surface area contributed by atoms with Crippen molar-refractivity contribution >= 4 is 12.4 Å². The van der Waals surface area contributed by atoms with Crippen LogP contribution in [0.3, 0.4) is 0 Å². The summed E-state index contributed by atoms with van der Waals surface area (Å²) in [6, 6.07) is 9.35. The van der Waals surface area contributed by atoms with Gasteiger partial charge < -0.3 is 10.1 Å². The Labute approximate surface area is 113 Å². The lowest BCUT2D eigenvalue weighted by atomic mass is 9.89. The van der Waals surface area contributed by atoms with Crippen LogP contribution in [-0.2, 0) is 20.7 Å². The van der Waals surface area contributed by atoms with Crippen LogP contribution in [0, 0.1) is 0 Å². The maximum atomic E-state index is 11.5. The molecule has 1 amide bonds. The van der Waals surface area contributed by atoms with Gasteiger partial charge in [0.25, 0.3) is 0 Å². The van der Waals surface area contributed by atoms with Crippen molar-refractivity contribution in [1.29, 1.82) is 0 Å². The minimum Gasteiger partial charge on any atom is -0.454 e. The highest BCUT2D eigenvalue weighted by Gasteiger charge is 2.35. The van der Waals surface area contributed by atoms with Gasteiger partial charge in [-0.3, -0.25) is 4.79 Å². The van der Waals surface area contributed by atoms with Crippen molar-refractivity contribution in [3.05, 3.63) is 48.6 Å². The van der Waals surface area contributed by atoms with Crippen LogP contribution in [0.25, 0.3) is 0 Å². The van der Waals surface area contributed by atoms with Gasteiger partial charge in [0.15, 0.2) is 0 Å². The predicted molar refractivity (Wildman–Crippen MR) is 73.5 cm³/mol. The predicted octanol–water partition coefficient (Wildman–Crippen LogP) is 1.85. The van der Waals surface area contributed by atoms with E-state index in [1.807, 2.05) is 30.3 Å². The fourth-order valence-corrected chi connectivity index (χ4v) is 1.83. The molecule has 0 aliphatic heterocycles. The third-order valence-corrected chi connectivity index (χ3v) is 3.13. The number of amides is 1. The van der Waals surface area contributed by atoms with Gasteiger partial charge in [-0.05, 0) is 19.4 Å². The molecule has 0 fully saturated rings. The minimum atomic E-state index is -0.826. The number of esters is 1. The monoisotopic (exact) mass is 261 g/mol. The Bertz CT molecular complexity index is 444. The van der Waals surface area contributed by atoms with Crippen molar-refractivity contribution in [2.45, 2.75) is 31.9 Å². The number of ether oxygens (including phenoxy) is 1. The summed E-state index contributed by atoms with van der Waals surface area (Å²) in [6.07, 6.45) is 2.24. The lowest BCUT2D eigenvalue weighted by molar-refractivity contribution is -0.155. The lowest BCUT2D eigenvalue weighted by Gasteiger charge is -2.34. The first-order valence-electron chi connectivity index (χ1n) is 6.11. The van der Waals surface area contributed by atoms with Gasteiger partial charge in [-0.2, -0.15) is 0 Å². The molecule has 102 valence electrons. The fraction of sp³-hybridized carbons (Fsp3) is 0.333. The smallest absolute Gasteiger partial charge is 0.330 e. The summed E-state index contributed by atoms with van der Waals surface area (Å²) < 4.78 is 5.43. The number of carbonyl (C=O) groups is 2. The van der Waals surface area contributed by atoms with Crippen LogP contribution in [0.1, 0.15) is 19.4 Å². The largest absolute Gasteiger partial charge is 0.454 e. The van der Waals surface area contributed by atoms with E-state index in [4.69, 9.17) is 4.74 Å². The Morgan fingerprint density at radius 3 is 2.63 bits per heavy atom. The van der Waals surface area contributed by atoms with Crippen LogP contribution in [0.4, 0.5) is 0 Å². The summed E-state index contributed by atoms with van der Waals surface area (Å²) >= 11 is 0. The van der Waals surface area contributed by atoms with Gasteiger partial charge in [0.2, 0.25) is 6.41 Å². The number of benzene rings is 1. The highest BCUT2D eigenvalue weighted by Crippen LogP contribution is 2.22. The van der Waals surface area contributed by atoms with Crippen molar-refractivity contribution < 1.29 is 14.3 Å². The van der Waals surface area contributed by atoms with Crippen LogP contribution in [0.5, 0.6) is 0 Å². The highest BCUT2D eigenvalue weighted by molar-refractivity contribution is 5.81. The zero-order valence-corrected chi connectivity index (χ0v) is 11.3.